The smallest absolute Gasteiger partial charge is 0.270 e. The van der Waals surface area contributed by atoms with Gasteiger partial charge < -0.3 is 10.2 Å². The van der Waals surface area contributed by atoms with E-state index < -0.39 is 0 Å². The van der Waals surface area contributed by atoms with Gasteiger partial charge in [0.15, 0.2) is 5.65 Å². The van der Waals surface area contributed by atoms with Crippen molar-refractivity contribution in [1.29, 1.82) is 0 Å². The molecule has 0 aromatic carbocycles. The predicted molar refractivity (Wildman–Crippen MR) is 82.8 cm³/mol. The van der Waals surface area contributed by atoms with Gasteiger partial charge in [-0.15, -0.1) is 11.3 Å². The number of hydrogen-bond donors (Lipinski definition) is 1. The van der Waals surface area contributed by atoms with Crippen molar-refractivity contribution < 1.29 is 4.79 Å². The third kappa shape index (κ3) is 2.73. The molecule has 6 nitrogen and oxygen atoms in total. The molecule has 3 aromatic rings. The monoisotopic (exact) mass is 301 g/mol. The minimum absolute atomic E-state index is 0.185. The lowest BCUT2D eigenvalue weighted by Crippen LogP contribution is -2.25. The van der Waals surface area contributed by atoms with E-state index in [-0.39, 0.29) is 5.91 Å². The molecule has 3 aromatic heterocycles. The Morgan fingerprint density at radius 3 is 3.00 bits per heavy atom. The summed E-state index contributed by atoms with van der Waals surface area (Å²) in [4.78, 5) is 19.6. The summed E-state index contributed by atoms with van der Waals surface area (Å²) in [7, 11) is 3.81. The minimum atomic E-state index is -0.185. The second kappa shape index (κ2) is 5.53. The topological polar surface area (TPSA) is 62.5 Å². The molecular formula is C14H15N5OS. The van der Waals surface area contributed by atoms with E-state index in [2.05, 4.69) is 15.4 Å². The standard InChI is InChI=1S/C14H15N5OS/c1-18(2)13-8-11(17-12-5-6-16-19(12)13)14(20)15-9-10-4-3-7-21-10/h3-8H,9H2,1-2H3,(H,15,20). The van der Waals surface area contributed by atoms with E-state index in [1.807, 2.05) is 36.5 Å². The Balaban J connectivity index is 1.87. The van der Waals surface area contributed by atoms with Crippen molar-refractivity contribution in [3.63, 3.8) is 0 Å². The lowest BCUT2D eigenvalue weighted by atomic mass is 10.3. The van der Waals surface area contributed by atoms with Crippen LogP contribution in [0.15, 0.2) is 35.8 Å². The Labute approximate surface area is 126 Å². The van der Waals surface area contributed by atoms with Gasteiger partial charge in [-0.2, -0.15) is 9.61 Å². The summed E-state index contributed by atoms with van der Waals surface area (Å²) in [5.41, 5.74) is 1.05. The third-order valence-electron chi connectivity index (χ3n) is 3.03. The molecule has 1 amide bonds. The number of hydrogen-bond acceptors (Lipinski definition) is 5. The lowest BCUT2D eigenvalue weighted by Gasteiger charge is -2.15. The molecule has 0 unspecified atom stereocenters. The maximum absolute atomic E-state index is 12.3. The van der Waals surface area contributed by atoms with Crippen LogP contribution >= 0.6 is 11.3 Å². The van der Waals surface area contributed by atoms with E-state index in [0.29, 0.717) is 17.9 Å². The van der Waals surface area contributed by atoms with Gasteiger partial charge in [0.05, 0.1) is 12.7 Å². The number of nitrogens with zero attached hydrogens (tertiary/aromatic N) is 4. The maximum Gasteiger partial charge on any atom is 0.270 e. The molecule has 7 heteroatoms. The average Bonchev–Trinajstić information content (AvgIpc) is 3.14. The number of rotatable bonds is 4. The van der Waals surface area contributed by atoms with Crippen LogP contribution in [-0.2, 0) is 6.54 Å². The second-order valence-corrected chi connectivity index (χ2v) is 5.79. The molecule has 0 aliphatic carbocycles. The van der Waals surface area contributed by atoms with E-state index in [0.717, 1.165) is 10.7 Å². The number of fused-ring (bicyclic) bond motifs is 1. The molecule has 3 rings (SSSR count). The van der Waals surface area contributed by atoms with Gasteiger partial charge in [0.1, 0.15) is 11.5 Å². The van der Waals surface area contributed by atoms with Gasteiger partial charge in [0.2, 0.25) is 0 Å². The van der Waals surface area contributed by atoms with Crippen LogP contribution in [0, 0.1) is 0 Å². The van der Waals surface area contributed by atoms with Crippen LogP contribution < -0.4 is 10.2 Å². The summed E-state index contributed by atoms with van der Waals surface area (Å²) in [5, 5.41) is 9.08. The fraction of sp³-hybridized carbons (Fsp3) is 0.214. The number of nitrogens with one attached hydrogen (secondary N) is 1. The molecule has 21 heavy (non-hydrogen) atoms. The van der Waals surface area contributed by atoms with Gasteiger partial charge in [-0.3, -0.25) is 4.79 Å². The lowest BCUT2D eigenvalue weighted by molar-refractivity contribution is 0.0946. The van der Waals surface area contributed by atoms with Gasteiger partial charge in [-0.05, 0) is 11.4 Å². The van der Waals surface area contributed by atoms with E-state index in [1.54, 1.807) is 34.2 Å². The number of thiophene rings is 1. The first-order chi connectivity index (χ1) is 10.1. The first-order valence-corrected chi connectivity index (χ1v) is 7.36. The molecule has 108 valence electrons. The van der Waals surface area contributed by atoms with Crippen LogP contribution in [0.25, 0.3) is 5.65 Å². The van der Waals surface area contributed by atoms with Crippen molar-refractivity contribution in [2.75, 3.05) is 19.0 Å². The Morgan fingerprint density at radius 2 is 2.29 bits per heavy atom. The molecule has 0 saturated carbocycles. The molecule has 0 aliphatic rings. The predicted octanol–water partition coefficient (Wildman–Crippen LogP) is 1.79. The van der Waals surface area contributed by atoms with Crippen molar-refractivity contribution in [2.45, 2.75) is 6.54 Å². The van der Waals surface area contributed by atoms with E-state index in [1.165, 1.54) is 0 Å². The Morgan fingerprint density at radius 1 is 1.43 bits per heavy atom. The van der Waals surface area contributed by atoms with Gasteiger partial charge in [-0.1, -0.05) is 6.07 Å². The number of amides is 1. The fourth-order valence-electron chi connectivity index (χ4n) is 2.00. The number of anilines is 1. The highest BCUT2D eigenvalue weighted by Gasteiger charge is 2.13. The molecule has 3 heterocycles. The zero-order valence-corrected chi connectivity index (χ0v) is 12.6. The molecule has 0 radical (unpaired) electrons. The Bertz CT molecular complexity index is 763. The van der Waals surface area contributed by atoms with Crippen LogP contribution in [0.1, 0.15) is 15.4 Å². The van der Waals surface area contributed by atoms with Crippen LogP contribution in [0.2, 0.25) is 0 Å². The average molecular weight is 301 g/mol. The van der Waals surface area contributed by atoms with Gasteiger partial charge in [0.25, 0.3) is 5.91 Å². The largest absolute Gasteiger partial charge is 0.363 e. The normalized spacial score (nSPS) is 10.8. The fourth-order valence-corrected chi connectivity index (χ4v) is 2.65. The first kappa shape index (κ1) is 13.6. The minimum Gasteiger partial charge on any atom is -0.363 e. The van der Waals surface area contributed by atoms with Gasteiger partial charge >= 0.3 is 0 Å². The quantitative estimate of drug-likeness (QED) is 0.798. The number of aromatic nitrogens is 3. The Hall–Kier alpha value is -2.41. The van der Waals surface area contributed by atoms with Crippen molar-refractivity contribution in [1.82, 2.24) is 19.9 Å². The van der Waals surface area contributed by atoms with Crippen LogP contribution in [0.4, 0.5) is 5.82 Å². The third-order valence-corrected chi connectivity index (χ3v) is 3.91. The van der Waals surface area contributed by atoms with Crippen LogP contribution in [-0.4, -0.2) is 34.6 Å². The Kier molecular flexibility index (Phi) is 3.57. The maximum atomic E-state index is 12.3. The van der Waals surface area contributed by atoms with Crippen molar-refractivity contribution in [3.05, 3.63) is 46.4 Å². The highest BCUT2D eigenvalue weighted by atomic mass is 32.1. The number of carbonyl (C=O) groups excluding carboxylic acids is 1. The summed E-state index contributed by atoms with van der Waals surface area (Å²) in [6, 6.07) is 7.48. The summed E-state index contributed by atoms with van der Waals surface area (Å²) in [6.07, 6.45) is 1.67. The highest BCUT2D eigenvalue weighted by molar-refractivity contribution is 7.09. The van der Waals surface area contributed by atoms with Gasteiger partial charge in [-0.25, -0.2) is 4.98 Å². The van der Waals surface area contributed by atoms with Gasteiger partial charge in [0, 0.05) is 31.1 Å². The van der Waals surface area contributed by atoms with Crippen molar-refractivity contribution in [2.24, 2.45) is 0 Å². The van der Waals surface area contributed by atoms with Crippen molar-refractivity contribution >= 4 is 28.7 Å². The van der Waals surface area contributed by atoms with E-state index in [9.17, 15) is 4.79 Å². The first-order valence-electron chi connectivity index (χ1n) is 6.48. The summed E-state index contributed by atoms with van der Waals surface area (Å²) in [6.45, 7) is 0.514. The summed E-state index contributed by atoms with van der Waals surface area (Å²) >= 11 is 1.61. The van der Waals surface area contributed by atoms with Crippen LogP contribution in [0.3, 0.4) is 0 Å². The zero-order chi connectivity index (χ0) is 14.8. The molecule has 0 aliphatic heterocycles. The summed E-state index contributed by atoms with van der Waals surface area (Å²) < 4.78 is 1.70. The molecule has 0 fully saturated rings. The molecular weight excluding hydrogens is 286 g/mol. The molecule has 0 bridgehead atoms. The number of carbonyl (C=O) groups is 1. The summed E-state index contributed by atoms with van der Waals surface area (Å²) in [5.74, 6) is 0.626. The van der Waals surface area contributed by atoms with Crippen molar-refractivity contribution in [3.8, 4) is 0 Å². The van der Waals surface area contributed by atoms with E-state index >= 15 is 0 Å². The molecule has 0 spiro atoms. The SMILES string of the molecule is CN(C)c1cc(C(=O)NCc2cccs2)nc2ccnn12. The second-order valence-electron chi connectivity index (χ2n) is 4.76. The molecule has 1 N–H and O–H groups in total. The van der Waals surface area contributed by atoms with Crippen LogP contribution in [0.5, 0.6) is 0 Å². The van der Waals surface area contributed by atoms with E-state index in [4.69, 9.17) is 0 Å². The zero-order valence-electron chi connectivity index (χ0n) is 11.8. The molecule has 0 atom stereocenters. The molecule has 0 saturated heterocycles. The highest BCUT2D eigenvalue weighted by Crippen LogP contribution is 2.15.